The molecule has 2 rings (SSSR count). The monoisotopic (exact) mass is 474 g/mol. The summed E-state index contributed by atoms with van der Waals surface area (Å²) in [7, 11) is -4.24. The molecule has 128 valence electrons. The minimum absolute atomic E-state index is 0.206. The van der Waals surface area contributed by atoms with Crippen LogP contribution in [0.2, 0.25) is 0 Å². The SMILES string of the molecule is O=[N+]([O-])c1cccc([I+]OS(=O)(=O)c2ccc(C(F)(F)F)cc2)c1. The summed E-state index contributed by atoms with van der Waals surface area (Å²) < 4.78 is 66.5. The summed E-state index contributed by atoms with van der Waals surface area (Å²) >= 11 is -1.58. The summed E-state index contributed by atoms with van der Waals surface area (Å²) in [5.41, 5.74) is -1.18. The number of hydrogen-bond donors (Lipinski definition) is 0. The van der Waals surface area contributed by atoms with Gasteiger partial charge in [0.15, 0.2) is 0 Å². The highest BCUT2D eigenvalue weighted by molar-refractivity contribution is 7.86. The lowest BCUT2D eigenvalue weighted by Crippen LogP contribution is -3.61. The van der Waals surface area contributed by atoms with Gasteiger partial charge in [-0.1, -0.05) is 6.07 Å². The summed E-state index contributed by atoms with van der Waals surface area (Å²) in [5.74, 6) is 0. The maximum atomic E-state index is 12.5. The number of halogens is 4. The van der Waals surface area contributed by atoms with Gasteiger partial charge in [-0.2, -0.15) is 21.6 Å². The van der Waals surface area contributed by atoms with Gasteiger partial charge in [0.1, 0.15) is 0 Å². The summed E-state index contributed by atoms with van der Waals surface area (Å²) in [6.45, 7) is 0. The van der Waals surface area contributed by atoms with Crippen LogP contribution in [0.15, 0.2) is 53.4 Å². The lowest BCUT2D eigenvalue weighted by Gasteiger charge is -2.06. The van der Waals surface area contributed by atoms with Crippen molar-refractivity contribution in [2.75, 3.05) is 0 Å². The molecular formula is C13H8F3INO5S+. The van der Waals surface area contributed by atoms with Gasteiger partial charge in [0.25, 0.3) is 5.69 Å². The first kappa shape index (κ1) is 18.6. The van der Waals surface area contributed by atoms with Crippen molar-refractivity contribution in [2.24, 2.45) is 0 Å². The van der Waals surface area contributed by atoms with Gasteiger partial charge in [-0.05, 0) is 32.8 Å². The number of nitrogens with zero attached hydrogens (tertiary/aromatic N) is 1. The molecule has 0 unspecified atom stereocenters. The molecule has 0 N–H and O–H groups in total. The zero-order valence-electron chi connectivity index (χ0n) is 11.5. The molecule has 0 aliphatic carbocycles. The predicted octanol–water partition coefficient (Wildman–Crippen LogP) is 0.193. The lowest BCUT2D eigenvalue weighted by atomic mass is 10.2. The fourth-order valence-electron chi connectivity index (χ4n) is 1.56. The van der Waals surface area contributed by atoms with E-state index in [0.29, 0.717) is 15.7 Å². The Balaban J connectivity index is 2.14. The minimum atomic E-state index is -4.57. The summed E-state index contributed by atoms with van der Waals surface area (Å²) in [5, 5.41) is 10.7. The Kier molecular flexibility index (Phi) is 5.45. The Morgan fingerprint density at radius 3 is 2.25 bits per heavy atom. The maximum Gasteiger partial charge on any atom is 0.540 e. The van der Waals surface area contributed by atoms with Crippen LogP contribution in [0.4, 0.5) is 18.9 Å². The molecule has 2 aromatic carbocycles. The number of benzene rings is 2. The van der Waals surface area contributed by atoms with Crippen LogP contribution in [0.5, 0.6) is 0 Å². The lowest BCUT2D eigenvalue weighted by molar-refractivity contribution is -0.837. The van der Waals surface area contributed by atoms with Crippen LogP contribution in [-0.2, 0) is 18.8 Å². The van der Waals surface area contributed by atoms with Crippen LogP contribution < -0.4 is 21.6 Å². The highest BCUT2D eigenvalue weighted by Gasteiger charge is 2.32. The quantitative estimate of drug-likeness (QED) is 0.351. The number of hydrogen-bond acceptors (Lipinski definition) is 5. The van der Waals surface area contributed by atoms with Gasteiger partial charge >= 0.3 is 37.9 Å². The van der Waals surface area contributed by atoms with Gasteiger partial charge in [-0.15, -0.1) is 0 Å². The van der Waals surface area contributed by atoms with Crippen LogP contribution in [0.1, 0.15) is 5.56 Å². The molecule has 0 aromatic heterocycles. The molecule has 0 saturated heterocycles. The molecule has 6 nitrogen and oxygen atoms in total. The van der Waals surface area contributed by atoms with E-state index in [1.54, 1.807) is 0 Å². The van der Waals surface area contributed by atoms with E-state index in [9.17, 15) is 31.7 Å². The van der Waals surface area contributed by atoms with Crippen molar-refractivity contribution in [1.29, 1.82) is 0 Å². The zero-order chi connectivity index (χ0) is 18.0. The number of nitro groups is 1. The van der Waals surface area contributed by atoms with E-state index in [-0.39, 0.29) is 5.69 Å². The van der Waals surface area contributed by atoms with Crippen molar-refractivity contribution >= 4 is 15.8 Å². The molecule has 0 amide bonds. The van der Waals surface area contributed by atoms with Crippen LogP contribution in [-0.4, -0.2) is 13.3 Å². The minimum Gasteiger partial charge on any atom is -0.258 e. The fraction of sp³-hybridized carbons (Fsp3) is 0.0769. The van der Waals surface area contributed by atoms with E-state index in [1.807, 2.05) is 0 Å². The van der Waals surface area contributed by atoms with Gasteiger partial charge < -0.3 is 0 Å². The second-order valence-corrected chi connectivity index (χ2v) is 8.62. The molecule has 0 fully saturated rings. The molecule has 24 heavy (non-hydrogen) atoms. The molecule has 0 aliphatic rings. The van der Waals surface area contributed by atoms with E-state index >= 15 is 0 Å². The Labute approximate surface area is 145 Å². The van der Waals surface area contributed by atoms with Crippen molar-refractivity contribution < 1.29 is 50.6 Å². The smallest absolute Gasteiger partial charge is 0.258 e. The Bertz CT molecular complexity index is 853. The van der Waals surface area contributed by atoms with Crippen molar-refractivity contribution in [2.45, 2.75) is 11.1 Å². The third-order valence-electron chi connectivity index (χ3n) is 2.69. The van der Waals surface area contributed by atoms with E-state index in [1.165, 1.54) is 24.3 Å². The molecule has 11 heteroatoms. The maximum absolute atomic E-state index is 12.5. The first-order valence-corrected chi connectivity index (χ1v) is 9.46. The van der Waals surface area contributed by atoms with Gasteiger partial charge in [0.05, 0.1) is 21.4 Å². The number of rotatable bonds is 5. The molecule has 0 bridgehead atoms. The second-order valence-electron chi connectivity index (χ2n) is 4.35. The van der Waals surface area contributed by atoms with Crippen molar-refractivity contribution in [3.8, 4) is 0 Å². The molecule has 0 aliphatic heterocycles. The van der Waals surface area contributed by atoms with Crippen LogP contribution in [0.3, 0.4) is 0 Å². The topological polar surface area (TPSA) is 86.5 Å². The predicted molar refractivity (Wildman–Crippen MR) is 71.5 cm³/mol. The summed E-state index contributed by atoms with van der Waals surface area (Å²) in [6.07, 6.45) is -4.57. The molecule has 0 spiro atoms. The third kappa shape index (κ3) is 4.64. The molecule has 2 aromatic rings. The Morgan fingerprint density at radius 1 is 1.08 bits per heavy atom. The molecular weight excluding hydrogens is 466 g/mol. The summed E-state index contributed by atoms with van der Waals surface area (Å²) in [6, 6.07) is 8.19. The normalized spacial score (nSPS) is 12.1. The van der Waals surface area contributed by atoms with Gasteiger partial charge in [0, 0.05) is 6.07 Å². The number of non-ortho nitro benzene ring substituents is 1. The number of alkyl halides is 3. The van der Waals surface area contributed by atoms with Crippen molar-refractivity contribution in [3.05, 3.63) is 67.8 Å². The fourth-order valence-corrected chi connectivity index (χ4v) is 5.02. The van der Waals surface area contributed by atoms with Gasteiger partial charge in [-0.3, -0.25) is 10.1 Å². The van der Waals surface area contributed by atoms with E-state index < -0.39 is 53.3 Å². The standard InChI is InChI=1S/C13H8F3INO5S/c14-13(15,16)9-4-6-12(7-5-9)24(21,22)23-17-10-2-1-3-11(8-10)18(19)20/h1-8H/q+1. The summed E-state index contributed by atoms with van der Waals surface area (Å²) in [4.78, 5) is 9.61. The van der Waals surface area contributed by atoms with Crippen molar-refractivity contribution in [1.82, 2.24) is 0 Å². The Hall–Kier alpha value is -1.73. The molecule has 0 heterocycles. The van der Waals surface area contributed by atoms with E-state index in [2.05, 4.69) is 0 Å². The number of nitro benzene ring substituents is 1. The van der Waals surface area contributed by atoms with Crippen LogP contribution in [0, 0.1) is 13.7 Å². The largest absolute Gasteiger partial charge is 0.540 e. The zero-order valence-corrected chi connectivity index (χ0v) is 14.5. The van der Waals surface area contributed by atoms with Crippen LogP contribution >= 0.6 is 0 Å². The van der Waals surface area contributed by atoms with E-state index in [0.717, 1.165) is 12.1 Å². The average molecular weight is 474 g/mol. The van der Waals surface area contributed by atoms with Crippen molar-refractivity contribution in [3.63, 3.8) is 0 Å². The first-order valence-electron chi connectivity index (χ1n) is 6.10. The van der Waals surface area contributed by atoms with Gasteiger partial charge in [-0.25, -0.2) is 0 Å². The second kappa shape index (κ2) is 7.03. The third-order valence-corrected chi connectivity index (χ3v) is 6.91. The van der Waals surface area contributed by atoms with Crippen LogP contribution in [0.25, 0.3) is 0 Å². The highest BCUT2D eigenvalue weighted by atomic mass is 127. The molecule has 0 radical (unpaired) electrons. The average Bonchev–Trinajstić information content (AvgIpc) is 2.52. The first-order chi connectivity index (χ1) is 11.1. The van der Waals surface area contributed by atoms with Gasteiger partial charge in [0.2, 0.25) is 3.57 Å². The Morgan fingerprint density at radius 2 is 1.71 bits per heavy atom. The molecule has 0 atom stereocenters. The highest BCUT2D eigenvalue weighted by Crippen LogP contribution is 2.29. The molecule has 0 saturated carbocycles. The van der Waals surface area contributed by atoms with E-state index in [4.69, 9.17) is 2.51 Å².